The Bertz CT molecular complexity index is 896. The molecule has 2 aromatic rings. The smallest absolute Gasteiger partial charge is 0.218 e. The van der Waals surface area contributed by atoms with Gasteiger partial charge in [-0.05, 0) is 12.1 Å². The number of benzene rings is 2. The summed E-state index contributed by atoms with van der Waals surface area (Å²) in [6, 6.07) is 10.7. The Balaban J connectivity index is 2.17. The van der Waals surface area contributed by atoms with Crippen LogP contribution in [-0.4, -0.2) is 28.3 Å². The second-order valence-electron chi connectivity index (χ2n) is 5.15. The summed E-state index contributed by atoms with van der Waals surface area (Å²) in [6.45, 7) is -0.737. The maximum atomic E-state index is 13.9. The molecule has 0 saturated heterocycles. The van der Waals surface area contributed by atoms with Gasteiger partial charge in [0.25, 0.3) is 0 Å². The highest BCUT2D eigenvalue weighted by atomic mass is 32.3. The van der Waals surface area contributed by atoms with E-state index in [1.165, 1.54) is 18.2 Å². The second kappa shape index (κ2) is 6.68. The van der Waals surface area contributed by atoms with Crippen molar-refractivity contribution in [2.75, 3.05) is 18.5 Å². The van der Waals surface area contributed by atoms with E-state index in [2.05, 4.69) is 15.0 Å². The predicted molar refractivity (Wildman–Crippen MR) is 92.7 cm³/mol. The van der Waals surface area contributed by atoms with Crippen LogP contribution in [0.15, 0.2) is 45.7 Å². The van der Waals surface area contributed by atoms with E-state index in [0.29, 0.717) is 11.1 Å². The van der Waals surface area contributed by atoms with Crippen molar-refractivity contribution in [3.8, 4) is 17.2 Å². The molecule has 130 valence electrons. The van der Waals surface area contributed by atoms with Gasteiger partial charge in [0.1, 0.15) is 23.5 Å². The lowest BCUT2D eigenvalue weighted by Crippen LogP contribution is -2.35. The molecule has 9 heteroatoms. The fraction of sp³-hybridized carbons (Fsp3) is 0.125. The van der Waals surface area contributed by atoms with E-state index in [4.69, 9.17) is 0 Å². The highest BCUT2D eigenvalue weighted by Gasteiger charge is 2.28. The molecule has 0 aliphatic carbocycles. The first-order valence-electron chi connectivity index (χ1n) is 7.25. The molecule has 6 nitrogen and oxygen atoms in total. The SMILES string of the molecule is N#Cc1c(F)cccc1-c1cccc2c1NC(NCCF)=NS2(O)O. The number of hydrogen-bond acceptors (Lipinski definition) is 6. The summed E-state index contributed by atoms with van der Waals surface area (Å²) in [7, 11) is -3.52. The zero-order valence-electron chi connectivity index (χ0n) is 12.8. The maximum absolute atomic E-state index is 13.9. The Labute approximate surface area is 144 Å². The summed E-state index contributed by atoms with van der Waals surface area (Å²) in [5, 5.41) is 14.7. The molecular formula is C16H14F2N4O2S. The fourth-order valence-electron chi connectivity index (χ4n) is 2.53. The van der Waals surface area contributed by atoms with Gasteiger partial charge in [0.15, 0.2) is 0 Å². The Morgan fingerprint density at radius 3 is 2.64 bits per heavy atom. The van der Waals surface area contributed by atoms with E-state index in [-0.39, 0.29) is 28.7 Å². The Morgan fingerprint density at radius 2 is 1.92 bits per heavy atom. The van der Waals surface area contributed by atoms with E-state index in [9.17, 15) is 23.1 Å². The van der Waals surface area contributed by atoms with Crippen molar-refractivity contribution in [3.63, 3.8) is 0 Å². The highest BCUT2D eigenvalue weighted by molar-refractivity contribution is 8.23. The molecule has 0 radical (unpaired) electrons. The largest absolute Gasteiger partial charge is 0.352 e. The van der Waals surface area contributed by atoms with Crippen LogP contribution in [0.25, 0.3) is 11.1 Å². The summed E-state index contributed by atoms with van der Waals surface area (Å²) in [6.07, 6.45) is 0. The van der Waals surface area contributed by atoms with Crippen LogP contribution in [0, 0.1) is 17.1 Å². The van der Waals surface area contributed by atoms with Crippen molar-refractivity contribution >= 4 is 22.4 Å². The minimum Gasteiger partial charge on any atom is -0.352 e. The quantitative estimate of drug-likeness (QED) is 0.665. The Morgan fingerprint density at radius 1 is 1.20 bits per heavy atom. The van der Waals surface area contributed by atoms with E-state index in [1.54, 1.807) is 18.2 Å². The average molecular weight is 364 g/mol. The molecule has 1 heterocycles. The minimum atomic E-state index is -3.52. The number of guanidine groups is 1. The van der Waals surface area contributed by atoms with Gasteiger partial charge in [0.05, 0.1) is 11.3 Å². The third-order valence-electron chi connectivity index (χ3n) is 3.59. The number of para-hydroxylation sites is 1. The topological polar surface area (TPSA) is 101 Å². The molecule has 0 saturated carbocycles. The fourth-order valence-corrected chi connectivity index (χ4v) is 3.69. The van der Waals surface area contributed by atoms with Gasteiger partial charge in [0.2, 0.25) is 5.96 Å². The molecule has 0 unspecified atom stereocenters. The maximum Gasteiger partial charge on any atom is 0.218 e. The molecule has 25 heavy (non-hydrogen) atoms. The molecule has 0 fully saturated rings. The normalized spacial score (nSPS) is 16.0. The molecule has 0 aromatic heterocycles. The van der Waals surface area contributed by atoms with E-state index >= 15 is 0 Å². The molecular weight excluding hydrogens is 350 g/mol. The summed E-state index contributed by atoms with van der Waals surface area (Å²) in [5.74, 6) is -0.683. The molecule has 1 aliphatic rings. The number of fused-ring (bicyclic) bond motifs is 1. The number of hydrogen-bond donors (Lipinski definition) is 4. The van der Waals surface area contributed by atoms with E-state index in [1.807, 2.05) is 6.07 Å². The molecule has 4 N–H and O–H groups in total. The third-order valence-corrected chi connectivity index (χ3v) is 4.95. The first kappa shape index (κ1) is 17.2. The van der Waals surface area contributed by atoms with Gasteiger partial charge in [-0.2, -0.15) is 5.26 Å². The lowest BCUT2D eigenvalue weighted by molar-refractivity contribution is 0.484. The summed E-state index contributed by atoms with van der Waals surface area (Å²) >= 11 is 0. The number of anilines is 1. The van der Waals surface area contributed by atoms with Crippen LogP contribution in [-0.2, 0) is 0 Å². The predicted octanol–water partition coefficient (Wildman–Crippen LogP) is 3.73. The molecule has 1 aliphatic heterocycles. The van der Waals surface area contributed by atoms with Gasteiger partial charge in [-0.25, -0.2) is 8.78 Å². The van der Waals surface area contributed by atoms with Crippen LogP contribution in [0.4, 0.5) is 14.5 Å². The lowest BCUT2D eigenvalue weighted by atomic mass is 9.98. The lowest BCUT2D eigenvalue weighted by Gasteiger charge is -2.35. The summed E-state index contributed by atoms with van der Waals surface area (Å²) < 4.78 is 50.7. The van der Waals surface area contributed by atoms with Gasteiger partial charge in [-0.3, -0.25) is 9.11 Å². The Kier molecular flexibility index (Phi) is 4.59. The van der Waals surface area contributed by atoms with E-state index < -0.39 is 23.3 Å². The van der Waals surface area contributed by atoms with Crippen molar-refractivity contribution in [2.24, 2.45) is 4.40 Å². The molecule has 3 rings (SSSR count). The Hall–Kier alpha value is -2.67. The zero-order valence-corrected chi connectivity index (χ0v) is 13.6. The number of nitrogens with one attached hydrogen (secondary N) is 2. The van der Waals surface area contributed by atoms with Crippen LogP contribution < -0.4 is 10.6 Å². The first-order chi connectivity index (χ1) is 12.0. The van der Waals surface area contributed by atoms with Crippen LogP contribution in [0.5, 0.6) is 0 Å². The highest BCUT2D eigenvalue weighted by Crippen LogP contribution is 2.56. The van der Waals surface area contributed by atoms with Crippen molar-refractivity contribution in [2.45, 2.75) is 4.90 Å². The zero-order chi connectivity index (χ0) is 18.0. The average Bonchev–Trinajstić information content (AvgIpc) is 2.59. The third kappa shape index (κ3) is 3.15. The molecule has 0 spiro atoms. The number of rotatable bonds is 3. The molecule has 0 bridgehead atoms. The minimum absolute atomic E-state index is 0.00693. The standard InChI is InChI=1S/C16H14F2N4O2S/c17-7-8-20-16-21-15-11(4-2-6-14(15)25(23,24)22-16)10-3-1-5-13(18)12(10)9-19/h1-6,23-24H,7-8H2,(H2,20,21,22). The molecule has 2 aromatic carbocycles. The van der Waals surface area contributed by atoms with Crippen LogP contribution >= 0.6 is 10.8 Å². The summed E-state index contributed by atoms with van der Waals surface area (Å²) in [4.78, 5) is 0.115. The van der Waals surface area contributed by atoms with Gasteiger partial charge in [-0.1, -0.05) is 35.0 Å². The molecule has 0 atom stereocenters. The number of nitrogens with zero attached hydrogens (tertiary/aromatic N) is 2. The van der Waals surface area contributed by atoms with Crippen LogP contribution in [0.3, 0.4) is 0 Å². The number of halogens is 2. The van der Waals surface area contributed by atoms with Crippen molar-refractivity contribution < 1.29 is 17.9 Å². The van der Waals surface area contributed by atoms with Gasteiger partial charge in [0, 0.05) is 17.7 Å². The van der Waals surface area contributed by atoms with Crippen molar-refractivity contribution in [1.82, 2.24) is 5.32 Å². The van der Waals surface area contributed by atoms with Crippen LogP contribution in [0.2, 0.25) is 0 Å². The van der Waals surface area contributed by atoms with Crippen molar-refractivity contribution in [3.05, 3.63) is 47.8 Å². The first-order valence-corrected chi connectivity index (χ1v) is 8.75. The molecule has 0 amide bonds. The van der Waals surface area contributed by atoms with Crippen LogP contribution in [0.1, 0.15) is 5.56 Å². The summed E-state index contributed by atoms with van der Waals surface area (Å²) in [5.41, 5.74) is 0.827. The van der Waals surface area contributed by atoms with Crippen molar-refractivity contribution in [1.29, 1.82) is 5.26 Å². The van der Waals surface area contributed by atoms with E-state index in [0.717, 1.165) is 0 Å². The van der Waals surface area contributed by atoms with Gasteiger partial charge < -0.3 is 10.6 Å². The van der Waals surface area contributed by atoms with Gasteiger partial charge >= 0.3 is 0 Å². The number of alkyl halides is 1. The second-order valence-corrected chi connectivity index (χ2v) is 6.81. The number of nitriles is 1. The monoisotopic (exact) mass is 364 g/mol. The van der Waals surface area contributed by atoms with Gasteiger partial charge in [-0.15, -0.1) is 4.40 Å².